The Balaban J connectivity index is 1.97. The van der Waals surface area contributed by atoms with Crippen molar-refractivity contribution in [3.05, 3.63) is 47.6 Å². The number of esters is 2. The number of allylic oxidation sites excluding steroid dienone is 1. The van der Waals surface area contributed by atoms with E-state index in [2.05, 4.69) is 6.58 Å². The van der Waals surface area contributed by atoms with Gasteiger partial charge in [0, 0.05) is 12.0 Å². The van der Waals surface area contributed by atoms with E-state index < -0.39 is 42.3 Å². The van der Waals surface area contributed by atoms with Gasteiger partial charge >= 0.3 is 11.9 Å². The van der Waals surface area contributed by atoms with E-state index >= 15 is 0 Å². The first-order chi connectivity index (χ1) is 12.8. The van der Waals surface area contributed by atoms with Crippen LogP contribution in [-0.4, -0.2) is 59.3 Å². The number of hydrogen-bond donors (Lipinski definition) is 2. The van der Waals surface area contributed by atoms with Crippen LogP contribution in [0, 0.1) is 5.92 Å². The second kappa shape index (κ2) is 7.42. The van der Waals surface area contributed by atoms with Crippen molar-refractivity contribution in [2.24, 2.45) is 5.92 Å². The van der Waals surface area contributed by atoms with Crippen LogP contribution in [0.5, 0.6) is 0 Å². The van der Waals surface area contributed by atoms with E-state index in [0.717, 1.165) is 0 Å². The maximum atomic E-state index is 12.4. The predicted octanol–water partition coefficient (Wildman–Crippen LogP) is 0.971. The lowest BCUT2D eigenvalue weighted by Gasteiger charge is -2.28. The zero-order valence-corrected chi connectivity index (χ0v) is 15.4. The van der Waals surface area contributed by atoms with Crippen molar-refractivity contribution < 1.29 is 34.0 Å². The molecule has 2 N–H and O–H groups in total. The standard InChI is InChI=1S/C20H24O7/c1-4-13(10-22)19(24)26-15-8-20(3)16(27-20)6-5-12(9-21)7-14-17(15)11(2)18(23)25-14/h4-7,14-17,21-22H,2,8-10H2,1,3H3/b6-5-,12-7-,13-4+. The number of carbonyl (C=O) groups is 2. The summed E-state index contributed by atoms with van der Waals surface area (Å²) in [5.41, 5.74) is 0.347. The van der Waals surface area contributed by atoms with E-state index in [1.165, 1.54) is 6.08 Å². The third kappa shape index (κ3) is 3.76. The fourth-order valence-electron chi connectivity index (χ4n) is 3.55. The number of aliphatic hydroxyl groups is 2. The molecule has 0 radical (unpaired) electrons. The summed E-state index contributed by atoms with van der Waals surface area (Å²) >= 11 is 0. The molecule has 1 aliphatic carbocycles. The molecule has 5 atom stereocenters. The molecule has 0 bridgehead atoms. The van der Waals surface area contributed by atoms with Crippen LogP contribution in [0.3, 0.4) is 0 Å². The van der Waals surface area contributed by atoms with Crippen LogP contribution in [0.2, 0.25) is 0 Å². The van der Waals surface area contributed by atoms with Gasteiger partial charge in [0.25, 0.3) is 0 Å². The molecular formula is C20H24O7. The Hall–Kier alpha value is -2.22. The topological polar surface area (TPSA) is 106 Å². The van der Waals surface area contributed by atoms with E-state index in [9.17, 15) is 19.8 Å². The van der Waals surface area contributed by atoms with Crippen molar-refractivity contribution in [1.82, 2.24) is 0 Å². The minimum atomic E-state index is -0.736. The molecule has 27 heavy (non-hydrogen) atoms. The Bertz CT molecular complexity index is 747. The molecule has 2 fully saturated rings. The zero-order chi connectivity index (χ0) is 19.8. The molecule has 3 aliphatic rings. The summed E-state index contributed by atoms with van der Waals surface area (Å²) in [4.78, 5) is 24.6. The van der Waals surface area contributed by atoms with Crippen LogP contribution < -0.4 is 0 Å². The highest BCUT2D eigenvalue weighted by molar-refractivity contribution is 5.92. The molecule has 146 valence electrons. The first-order valence-corrected chi connectivity index (χ1v) is 8.87. The maximum absolute atomic E-state index is 12.4. The van der Waals surface area contributed by atoms with Gasteiger partial charge in [-0.1, -0.05) is 24.8 Å². The second-order valence-corrected chi connectivity index (χ2v) is 7.15. The fourth-order valence-corrected chi connectivity index (χ4v) is 3.55. The van der Waals surface area contributed by atoms with Gasteiger partial charge in [0.05, 0.1) is 30.3 Å². The fraction of sp³-hybridized carbons (Fsp3) is 0.500. The van der Waals surface area contributed by atoms with Crippen molar-refractivity contribution in [2.45, 2.75) is 44.2 Å². The highest BCUT2D eigenvalue weighted by Gasteiger charge is 2.56. The minimum absolute atomic E-state index is 0.129. The number of aliphatic hydroxyl groups excluding tert-OH is 2. The van der Waals surface area contributed by atoms with Gasteiger partial charge < -0.3 is 24.4 Å². The molecule has 2 saturated heterocycles. The van der Waals surface area contributed by atoms with Gasteiger partial charge in [-0.05, 0) is 25.5 Å². The van der Waals surface area contributed by atoms with Gasteiger partial charge in [0.1, 0.15) is 18.3 Å². The number of carbonyl (C=O) groups excluding carboxylic acids is 2. The van der Waals surface area contributed by atoms with Crippen molar-refractivity contribution in [3.8, 4) is 0 Å². The maximum Gasteiger partial charge on any atom is 0.336 e. The largest absolute Gasteiger partial charge is 0.458 e. The van der Waals surface area contributed by atoms with Crippen molar-refractivity contribution in [1.29, 1.82) is 0 Å². The Labute approximate surface area is 157 Å². The number of ether oxygens (including phenoxy) is 3. The van der Waals surface area contributed by atoms with E-state index in [1.54, 1.807) is 19.1 Å². The molecule has 0 aromatic carbocycles. The lowest BCUT2D eigenvalue weighted by molar-refractivity contribution is -0.148. The minimum Gasteiger partial charge on any atom is -0.458 e. The summed E-state index contributed by atoms with van der Waals surface area (Å²) in [6.07, 6.45) is 5.42. The van der Waals surface area contributed by atoms with E-state index in [-0.39, 0.29) is 23.9 Å². The molecule has 3 rings (SSSR count). The van der Waals surface area contributed by atoms with Gasteiger partial charge in [0.2, 0.25) is 0 Å². The molecule has 5 unspecified atom stereocenters. The third-order valence-corrected chi connectivity index (χ3v) is 5.29. The van der Waals surface area contributed by atoms with Crippen LogP contribution in [0.1, 0.15) is 20.3 Å². The molecule has 0 spiro atoms. The molecular weight excluding hydrogens is 352 g/mol. The molecule has 0 aromatic rings. The quantitative estimate of drug-likeness (QED) is 0.428. The second-order valence-electron chi connectivity index (χ2n) is 7.15. The van der Waals surface area contributed by atoms with Crippen LogP contribution >= 0.6 is 0 Å². The third-order valence-electron chi connectivity index (χ3n) is 5.29. The van der Waals surface area contributed by atoms with E-state index in [4.69, 9.17) is 14.2 Å². The Morgan fingerprint density at radius 2 is 2.22 bits per heavy atom. The first kappa shape index (κ1) is 19.5. The van der Waals surface area contributed by atoms with Gasteiger partial charge in [-0.15, -0.1) is 0 Å². The number of fused-ring (bicyclic) bond motifs is 2. The normalized spacial score (nSPS) is 38.8. The van der Waals surface area contributed by atoms with E-state index in [0.29, 0.717) is 12.0 Å². The van der Waals surface area contributed by atoms with Gasteiger partial charge in [-0.25, -0.2) is 9.59 Å². The number of epoxide rings is 1. The smallest absolute Gasteiger partial charge is 0.336 e. The zero-order valence-electron chi connectivity index (χ0n) is 15.4. The summed E-state index contributed by atoms with van der Waals surface area (Å²) < 4.78 is 16.8. The van der Waals surface area contributed by atoms with Crippen molar-refractivity contribution >= 4 is 11.9 Å². The lowest BCUT2D eigenvalue weighted by atomic mass is 9.83. The molecule has 2 aliphatic heterocycles. The summed E-state index contributed by atoms with van der Waals surface area (Å²) in [7, 11) is 0. The van der Waals surface area contributed by atoms with Crippen LogP contribution in [0.25, 0.3) is 0 Å². The molecule has 0 amide bonds. The van der Waals surface area contributed by atoms with Crippen LogP contribution in [0.15, 0.2) is 47.6 Å². The van der Waals surface area contributed by atoms with Gasteiger partial charge in [-0.2, -0.15) is 0 Å². The van der Waals surface area contributed by atoms with Gasteiger partial charge in [-0.3, -0.25) is 0 Å². The monoisotopic (exact) mass is 376 g/mol. The molecule has 7 nitrogen and oxygen atoms in total. The molecule has 2 heterocycles. The average Bonchev–Trinajstić information content (AvgIpc) is 3.18. The molecule has 0 aromatic heterocycles. The summed E-state index contributed by atoms with van der Waals surface area (Å²) in [6.45, 7) is 6.67. The Kier molecular flexibility index (Phi) is 5.37. The van der Waals surface area contributed by atoms with Crippen LogP contribution in [-0.2, 0) is 23.8 Å². The highest BCUT2D eigenvalue weighted by Crippen LogP contribution is 2.46. The summed E-state index contributed by atoms with van der Waals surface area (Å²) in [5, 5.41) is 18.9. The predicted molar refractivity (Wildman–Crippen MR) is 95.4 cm³/mol. The van der Waals surface area contributed by atoms with Crippen molar-refractivity contribution in [3.63, 3.8) is 0 Å². The number of hydrogen-bond acceptors (Lipinski definition) is 7. The van der Waals surface area contributed by atoms with Crippen LogP contribution in [0.4, 0.5) is 0 Å². The van der Waals surface area contributed by atoms with Crippen molar-refractivity contribution in [2.75, 3.05) is 13.2 Å². The Morgan fingerprint density at radius 1 is 1.48 bits per heavy atom. The average molecular weight is 376 g/mol. The highest BCUT2D eigenvalue weighted by atomic mass is 16.6. The van der Waals surface area contributed by atoms with E-state index in [1.807, 2.05) is 13.0 Å². The van der Waals surface area contributed by atoms with Gasteiger partial charge in [0.15, 0.2) is 0 Å². The SMILES string of the molecule is C=C1C(=O)OC2/C=C(CO)/C=C\C3OC3(C)CC(OC(=O)/C(=C/C)CO)C12. The molecule has 7 heteroatoms. The summed E-state index contributed by atoms with van der Waals surface area (Å²) in [5.74, 6) is -1.82. The lowest BCUT2D eigenvalue weighted by Crippen LogP contribution is -2.37. The first-order valence-electron chi connectivity index (χ1n) is 8.87. The molecule has 0 saturated carbocycles. The number of rotatable bonds is 4. The Morgan fingerprint density at radius 3 is 2.85 bits per heavy atom. The summed E-state index contributed by atoms with van der Waals surface area (Å²) in [6, 6.07) is 0.